The third kappa shape index (κ3) is 3.27. The van der Waals surface area contributed by atoms with Crippen molar-refractivity contribution in [1.29, 1.82) is 0 Å². The number of aliphatic hydroxyl groups is 1. The fraction of sp³-hybridized carbons (Fsp3) is 0.429. The van der Waals surface area contributed by atoms with E-state index in [4.69, 9.17) is 4.74 Å². The Labute approximate surface area is 117 Å². The molecule has 6 heteroatoms. The van der Waals surface area contributed by atoms with E-state index in [2.05, 4.69) is 5.10 Å². The van der Waals surface area contributed by atoms with Crippen LogP contribution in [0.2, 0.25) is 0 Å². The molecule has 108 valence electrons. The van der Waals surface area contributed by atoms with Crippen LogP contribution in [0.3, 0.4) is 0 Å². The molecule has 1 N–H and O–H groups in total. The zero-order valence-corrected chi connectivity index (χ0v) is 11.7. The van der Waals surface area contributed by atoms with Crippen molar-refractivity contribution >= 4 is 0 Å². The zero-order valence-electron chi connectivity index (χ0n) is 11.7. The van der Waals surface area contributed by atoms with Crippen LogP contribution in [0.15, 0.2) is 35.4 Å². The van der Waals surface area contributed by atoms with Crippen molar-refractivity contribution in [2.24, 2.45) is 7.05 Å². The standard InChI is InChI=1S/C14H19N3O3/c1-3-8-20-12-6-4-11(5-7-12)13(18)9-17-14(19)16(2)10-15-17/h4-7,10,13,18H,3,8-9H2,1-2H3. The Balaban J connectivity index is 2.03. The summed E-state index contributed by atoms with van der Waals surface area (Å²) in [5.74, 6) is 0.776. The zero-order chi connectivity index (χ0) is 14.5. The fourth-order valence-electron chi connectivity index (χ4n) is 1.82. The molecule has 0 fully saturated rings. The summed E-state index contributed by atoms with van der Waals surface area (Å²) < 4.78 is 8.09. The lowest BCUT2D eigenvalue weighted by molar-refractivity contribution is 0.149. The second kappa shape index (κ2) is 6.38. The van der Waals surface area contributed by atoms with Gasteiger partial charge in [0, 0.05) is 7.05 Å². The highest BCUT2D eigenvalue weighted by molar-refractivity contribution is 5.28. The first kappa shape index (κ1) is 14.3. The average Bonchev–Trinajstić information content (AvgIpc) is 2.77. The average molecular weight is 277 g/mol. The molecule has 0 aliphatic rings. The molecule has 2 rings (SSSR count). The number of rotatable bonds is 6. The van der Waals surface area contributed by atoms with Crippen LogP contribution >= 0.6 is 0 Å². The third-order valence-electron chi connectivity index (χ3n) is 2.97. The predicted molar refractivity (Wildman–Crippen MR) is 74.7 cm³/mol. The van der Waals surface area contributed by atoms with Crippen LogP contribution in [0.5, 0.6) is 5.75 Å². The molecule has 0 spiro atoms. The molecule has 1 aromatic heterocycles. The van der Waals surface area contributed by atoms with E-state index in [1.54, 1.807) is 19.2 Å². The highest BCUT2D eigenvalue weighted by atomic mass is 16.5. The van der Waals surface area contributed by atoms with Crippen LogP contribution in [0.1, 0.15) is 25.0 Å². The highest BCUT2D eigenvalue weighted by Gasteiger charge is 2.11. The van der Waals surface area contributed by atoms with Gasteiger partial charge in [-0.25, -0.2) is 9.48 Å². The molecule has 2 aromatic rings. The van der Waals surface area contributed by atoms with Crippen LogP contribution < -0.4 is 10.4 Å². The van der Waals surface area contributed by atoms with E-state index in [1.165, 1.54) is 15.6 Å². The summed E-state index contributed by atoms with van der Waals surface area (Å²) in [6.07, 6.45) is 1.60. The Morgan fingerprint density at radius 2 is 2.05 bits per heavy atom. The lowest BCUT2D eigenvalue weighted by Gasteiger charge is -2.11. The summed E-state index contributed by atoms with van der Waals surface area (Å²) in [5, 5.41) is 14.0. The molecule has 0 amide bonds. The largest absolute Gasteiger partial charge is 0.494 e. The van der Waals surface area contributed by atoms with Gasteiger partial charge in [-0.2, -0.15) is 5.10 Å². The topological polar surface area (TPSA) is 69.3 Å². The van der Waals surface area contributed by atoms with E-state index in [0.717, 1.165) is 17.7 Å². The first-order valence-electron chi connectivity index (χ1n) is 6.61. The number of aliphatic hydroxyl groups excluding tert-OH is 1. The summed E-state index contributed by atoms with van der Waals surface area (Å²) in [5.41, 5.74) is 0.485. The molecule has 0 bridgehead atoms. The molecule has 1 unspecified atom stereocenters. The first-order chi connectivity index (χ1) is 9.61. The van der Waals surface area contributed by atoms with Crippen molar-refractivity contribution in [3.05, 3.63) is 46.6 Å². The highest BCUT2D eigenvalue weighted by Crippen LogP contribution is 2.18. The Bertz CT molecular complexity index is 601. The van der Waals surface area contributed by atoms with Gasteiger partial charge in [0.15, 0.2) is 0 Å². The van der Waals surface area contributed by atoms with Gasteiger partial charge in [0.1, 0.15) is 12.1 Å². The molecule has 20 heavy (non-hydrogen) atoms. The molecule has 0 saturated heterocycles. The van der Waals surface area contributed by atoms with Gasteiger partial charge in [-0.3, -0.25) is 4.57 Å². The van der Waals surface area contributed by atoms with Crippen molar-refractivity contribution in [3.63, 3.8) is 0 Å². The van der Waals surface area contributed by atoms with Crippen LogP contribution in [0.25, 0.3) is 0 Å². The van der Waals surface area contributed by atoms with Gasteiger partial charge in [-0.05, 0) is 24.1 Å². The van der Waals surface area contributed by atoms with Crippen LogP contribution in [-0.2, 0) is 13.6 Å². The Morgan fingerprint density at radius 3 is 2.60 bits per heavy atom. The van der Waals surface area contributed by atoms with Gasteiger partial charge in [-0.15, -0.1) is 0 Å². The third-order valence-corrected chi connectivity index (χ3v) is 2.97. The van der Waals surface area contributed by atoms with Crippen molar-refractivity contribution in [3.8, 4) is 5.75 Å². The smallest absolute Gasteiger partial charge is 0.345 e. The van der Waals surface area contributed by atoms with E-state index in [9.17, 15) is 9.90 Å². The molecular weight excluding hydrogens is 258 g/mol. The molecule has 1 atom stereocenters. The maximum Gasteiger partial charge on any atom is 0.345 e. The van der Waals surface area contributed by atoms with Crippen LogP contribution in [-0.4, -0.2) is 26.1 Å². The predicted octanol–water partition coefficient (Wildman–Crippen LogP) is 1.10. The number of ether oxygens (including phenoxy) is 1. The number of benzene rings is 1. The monoisotopic (exact) mass is 277 g/mol. The molecule has 0 aliphatic heterocycles. The normalized spacial score (nSPS) is 12.3. The number of hydrogen-bond donors (Lipinski definition) is 1. The Kier molecular flexibility index (Phi) is 4.57. The minimum atomic E-state index is -0.775. The number of hydrogen-bond acceptors (Lipinski definition) is 4. The Hall–Kier alpha value is -2.08. The maximum absolute atomic E-state index is 11.6. The van der Waals surface area contributed by atoms with E-state index < -0.39 is 6.10 Å². The van der Waals surface area contributed by atoms with Crippen molar-refractivity contribution in [2.75, 3.05) is 6.61 Å². The second-order valence-corrected chi connectivity index (χ2v) is 4.64. The minimum absolute atomic E-state index is 0.134. The lowest BCUT2D eigenvalue weighted by atomic mass is 10.1. The number of aryl methyl sites for hydroxylation is 1. The molecule has 1 heterocycles. The van der Waals surface area contributed by atoms with Crippen molar-refractivity contribution in [1.82, 2.24) is 14.3 Å². The summed E-state index contributed by atoms with van der Waals surface area (Å²) in [4.78, 5) is 11.6. The number of aromatic nitrogens is 3. The minimum Gasteiger partial charge on any atom is -0.494 e. The van der Waals surface area contributed by atoms with E-state index in [1.807, 2.05) is 19.1 Å². The Morgan fingerprint density at radius 1 is 1.35 bits per heavy atom. The number of nitrogens with zero attached hydrogens (tertiary/aromatic N) is 3. The van der Waals surface area contributed by atoms with Gasteiger partial charge >= 0.3 is 5.69 Å². The molecule has 0 aliphatic carbocycles. The lowest BCUT2D eigenvalue weighted by Crippen LogP contribution is -2.25. The van der Waals surface area contributed by atoms with Gasteiger partial charge in [0.2, 0.25) is 0 Å². The van der Waals surface area contributed by atoms with Crippen LogP contribution in [0, 0.1) is 0 Å². The molecular formula is C14H19N3O3. The SMILES string of the molecule is CCCOc1ccc(C(O)Cn2ncn(C)c2=O)cc1. The van der Waals surface area contributed by atoms with Crippen LogP contribution in [0.4, 0.5) is 0 Å². The summed E-state index contributed by atoms with van der Waals surface area (Å²) in [7, 11) is 1.62. The van der Waals surface area contributed by atoms with Gasteiger partial charge in [0.25, 0.3) is 0 Å². The summed E-state index contributed by atoms with van der Waals surface area (Å²) >= 11 is 0. The first-order valence-corrected chi connectivity index (χ1v) is 6.61. The van der Waals surface area contributed by atoms with E-state index in [0.29, 0.717) is 6.61 Å². The summed E-state index contributed by atoms with van der Waals surface area (Å²) in [6.45, 7) is 2.85. The molecule has 1 aromatic carbocycles. The molecule has 0 radical (unpaired) electrons. The van der Waals surface area contributed by atoms with E-state index >= 15 is 0 Å². The van der Waals surface area contributed by atoms with Gasteiger partial charge in [-0.1, -0.05) is 19.1 Å². The van der Waals surface area contributed by atoms with E-state index in [-0.39, 0.29) is 12.2 Å². The van der Waals surface area contributed by atoms with Crippen molar-refractivity contribution in [2.45, 2.75) is 26.0 Å². The van der Waals surface area contributed by atoms with Crippen molar-refractivity contribution < 1.29 is 9.84 Å². The quantitative estimate of drug-likeness (QED) is 0.858. The van der Waals surface area contributed by atoms with Gasteiger partial charge < -0.3 is 9.84 Å². The fourth-order valence-corrected chi connectivity index (χ4v) is 1.82. The second-order valence-electron chi connectivity index (χ2n) is 4.64. The van der Waals surface area contributed by atoms with Gasteiger partial charge in [0.05, 0.1) is 19.3 Å². The molecule has 6 nitrogen and oxygen atoms in total. The molecule has 0 saturated carbocycles. The maximum atomic E-state index is 11.6. The summed E-state index contributed by atoms with van der Waals surface area (Å²) in [6, 6.07) is 7.22.